The summed E-state index contributed by atoms with van der Waals surface area (Å²) in [5, 5.41) is 14.3. The van der Waals surface area contributed by atoms with Gasteiger partial charge in [0.05, 0.1) is 6.54 Å². The van der Waals surface area contributed by atoms with Crippen molar-refractivity contribution in [1.82, 2.24) is 15.5 Å². The summed E-state index contributed by atoms with van der Waals surface area (Å²) >= 11 is 0. The molecule has 1 aliphatic carbocycles. The highest BCUT2D eigenvalue weighted by atomic mass is 16.4. The van der Waals surface area contributed by atoms with Crippen LogP contribution in [0, 0.1) is 0 Å². The highest BCUT2D eigenvalue weighted by Gasteiger charge is 2.16. The zero-order valence-corrected chi connectivity index (χ0v) is 9.12. The number of hydrogen-bond acceptors (Lipinski definition) is 5. The van der Waals surface area contributed by atoms with E-state index in [4.69, 9.17) is 4.42 Å². The summed E-state index contributed by atoms with van der Waals surface area (Å²) < 4.78 is 5.45. The third-order valence-corrected chi connectivity index (χ3v) is 2.68. The molecule has 15 heavy (non-hydrogen) atoms. The molecule has 1 fully saturated rings. The van der Waals surface area contributed by atoms with Crippen molar-refractivity contribution in [1.29, 1.82) is 0 Å². The molecule has 2 N–H and O–H groups in total. The van der Waals surface area contributed by atoms with Crippen molar-refractivity contribution in [3.8, 4) is 0 Å². The molecule has 0 aromatic carbocycles. The van der Waals surface area contributed by atoms with E-state index >= 15 is 0 Å². The minimum Gasteiger partial charge on any atom is -0.407 e. The Hall–Kier alpha value is -1.10. The predicted octanol–water partition coefficient (Wildman–Crippen LogP) is 1.53. The van der Waals surface area contributed by atoms with Crippen LogP contribution in [0.25, 0.3) is 0 Å². The summed E-state index contributed by atoms with van der Waals surface area (Å²) in [6.07, 6.45) is 5.03. The molecular weight excluding hydrogens is 192 g/mol. The van der Waals surface area contributed by atoms with E-state index in [-0.39, 0.29) is 0 Å². The second kappa shape index (κ2) is 5.11. The molecule has 0 bridgehead atoms. The molecule has 5 nitrogen and oxygen atoms in total. The van der Waals surface area contributed by atoms with Crippen LogP contribution in [0.15, 0.2) is 4.42 Å². The van der Waals surface area contributed by atoms with Gasteiger partial charge in [0.25, 0.3) is 0 Å². The molecule has 2 rings (SSSR count). The second-order valence-corrected chi connectivity index (χ2v) is 3.91. The van der Waals surface area contributed by atoms with Crippen molar-refractivity contribution in [2.75, 3.05) is 11.9 Å². The van der Waals surface area contributed by atoms with Gasteiger partial charge in [0.1, 0.15) is 0 Å². The quantitative estimate of drug-likeness (QED) is 0.771. The fraction of sp³-hybridized carbons (Fsp3) is 0.800. The maximum atomic E-state index is 5.45. The lowest BCUT2D eigenvalue weighted by Crippen LogP contribution is -2.14. The van der Waals surface area contributed by atoms with Gasteiger partial charge in [-0.2, -0.15) is 0 Å². The van der Waals surface area contributed by atoms with Crippen LogP contribution < -0.4 is 10.6 Å². The summed E-state index contributed by atoms with van der Waals surface area (Å²) in [5.74, 6) is 0.650. The highest BCUT2D eigenvalue weighted by molar-refractivity contribution is 5.19. The van der Waals surface area contributed by atoms with Crippen molar-refractivity contribution in [2.45, 2.75) is 45.2 Å². The molecule has 84 valence electrons. The molecule has 0 unspecified atom stereocenters. The van der Waals surface area contributed by atoms with Gasteiger partial charge >= 0.3 is 6.01 Å². The van der Waals surface area contributed by atoms with E-state index in [2.05, 4.69) is 20.8 Å². The summed E-state index contributed by atoms with van der Waals surface area (Å²) in [5.41, 5.74) is 0. The third-order valence-electron chi connectivity index (χ3n) is 2.68. The van der Waals surface area contributed by atoms with Gasteiger partial charge in [0.15, 0.2) is 0 Å². The van der Waals surface area contributed by atoms with Gasteiger partial charge in [-0.25, -0.2) is 0 Å². The summed E-state index contributed by atoms with van der Waals surface area (Å²) in [4.78, 5) is 0. The van der Waals surface area contributed by atoms with Crippen molar-refractivity contribution >= 4 is 6.01 Å². The molecule has 1 aromatic heterocycles. The summed E-state index contributed by atoms with van der Waals surface area (Å²) in [6.45, 7) is 3.61. The molecule has 5 heteroatoms. The Labute approximate surface area is 89.6 Å². The van der Waals surface area contributed by atoms with Crippen molar-refractivity contribution < 1.29 is 4.42 Å². The number of nitrogens with one attached hydrogen (secondary N) is 2. The topological polar surface area (TPSA) is 63.0 Å². The Kier molecular flexibility index (Phi) is 3.55. The van der Waals surface area contributed by atoms with Gasteiger partial charge in [-0.1, -0.05) is 24.9 Å². The van der Waals surface area contributed by atoms with Gasteiger partial charge in [0, 0.05) is 6.04 Å². The number of nitrogens with zero attached hydrogens (tertiary/aromatic N) is 2. The number of rotatable bonds is 5. The minimum atomic E-state index is 0.525. The van der Waals surface area contributed by atoms with E-state index in [0.29, 0.717) is 24.5 Å². The van der Waals surface area contributed by atoms with E-state index in [1.807, 2.05) is 6.92 Å². The van der Waals surface area contributed by atoms with Crippen LogP contribution >= 0.6 is 0 Å². The van der Waals surface area contributed by atoms with Crippen LogP contribution in [-0.2, 0) is 6.54 Å². The smallest absolute Gasteiger partial charge is 0.315 e. The lowest BCUT2D eigenvalue weighted by Gasteiger charge is -2.07. The van der Waals surface area contributed by atoms with Crippen LogP contribution in [0.2, 0.25) is 0 Å². The molecule has 0 saturated heterocycles. The molecule has 0 spiro atoms. The van der Waals surface area contributed by atoms with Gasteiger partial charge in [-0.05, 0) is 19.4 Å². The molecule has 0 atom stereocenters. The maximum absolute atomic E-state index is 5.45. The molecule has 0 radical (unpaired) electrons. The summed E-state index contributed by atoms with van der Waals surface area (Å²) in [6, 6.07) is 1.09. The fourth-order valence-electron chi connectivity index (χ4n) is 1.86. The lowest BCUT2D eigenvalue weighted by molar-refractivity contribution is 0.476. The van der Waals surface area contributed by atoms with Crippen LogP contribution in [0.4, 0.5) is 6.01 Å². The molecule has 0 amide bonds. The zero-order valence-electron chi connectivity index (χ0n) is 9.12. The molecule has 1 saturated carbocycles. The third kappa shape index (κ3) is 2.92. The minimum absolute atomic E-state index is 0.525. The Morgan fingerprint density at radius 3 is 2.87 bits per heavy atom. The van der Waals surface area contributed by atoms with Crippen molar-refractivity contribution in [3.05, 3.63) is 5.89 Å². The van der Waals surface area contributed by atoms with E-state index in [9.17, 15) is 0 Å². The monoisotopic (exact) mass is 210 g/mol. The van der Waals surface area contributed by atoms with Gasteiger partial charge in [-0.3, -0.25) is 0 Å². The van der Waals surface area contributed by atoms with Crippen LogP contribution in [-0.4, -0.2) is 22.8 Å². The van der Waals surface area contributed by atoms with E-state index in [0.717, 1.165) is 6.54 Å². The standard InChI is InChI=1S/C10H18N4O/c1-2-11-7-9-13-14-10(15-9)12-8-5-3-4-6-8/h8,11H,2-7H2,1H3,(H,12,14). The molecular formula is C10H18N4O. The van der Waals surface area contributed by atoms with Crippen molar-refractivity contribution in [3.63, 3.8) is 0 Å². The van der Waals surface area contributed by atoms with Crippen LogP contribution in [0.5, 0.6) is 0 Å². The first kappa shape index (κ1) is 10.4. The summed E-state index contributed by atoms with van der Waals surface area (Å²) in [7, 11) is 0. The predicted molar refractivity (Wildman–Crippen MR) is 57.6 cm³/mol. The normalized spacial score (nSPS) is 17.1. The average Bonchev–Trinajstić information content (AvgIpc) is 2.87. The molecule has 1 aromatic rings. The first-order valence-electron chi connectivity index (χ1n) is 5.68. The number of aromatic nitrogens is 2. The van der Waals surface area contributed by atoms with Gasteiger partial charge in [0.2, 0.25) is 5.89 Å². The first-order chi connectivity index (χ1) is 7.38. The Morgan fingerprint density at radius 2 is 2.13 bits per heavy atom. The average molecular weight is 210 g/mol. The first-order valence-corrected chi connectivity index (χ1v) is 5.68. The van der Waals surface area contributed by atoms with E-state index in [1.54, 1.807) is 0 Å². The van der Waals surface area contributed by atoms with Crippen LogP contribution in [0.1, 0.15) is 38.5 Å². The Morgan fingerprint density at radius 1 is 1.33 bits per heavy atom. The Bertz CT molecular complexity index is 293. The van der Waals surface area contributed by atoms with Gasteiger partial charge in [-0.15, -0.1) is 5.10 Å². The van der Waals surface area contributed by atoms with E-state index < -0.39 is 0 Å². The zero-order chi connectivity index (χ0) is 10.5. The van der Waals surface area contributed by atoms with Gasteiger partial charge < -0.3 is 15.1 Å². The number of hydrogen-bond donors (Lipinski definition) is 2. The molecule has 1 aliphatic rings. The van der Waals surface area contributed by atoms with Crippen molar-refractivity contribution in [2.24, 2.45) is 0 Å². The second-order valence-electron chi connectivity index (χ2n) is 3.91. The van der Waals surface area contributed by atoms with E-state index in [1.165, 1.54) is 25.7 Å². The molecule has 1 heterocycles. The maximum Gasteiger partial charge on any atom is 0.315 e. The lowest BCUT2D eigenvalue weighted by atomic mass is 10.3. The molecule has 0 aliphatic heterocycles. The Balaban J connectivity index is 1.83. The van der Waals surface area contributed by atoms with Crippen LogP contribution in [0.3, 0.4) is 0 Å². The number of anilines is 1. The SMILES string of the molecule is CCNCc1nnc(NC2CCCC2)o1. The largest absolute Gasteiger partial charge is 0.407 e. The fourth-order valence-corrected chi connectivity index (χ4v) is 1.86. The highest BCUT2D eigenvalue weighted by Crippen LogP contribution is 2.21.